The number of carbonyl (C=O) groups excluding carboxylic acids is 1. The van der Waals surface area contributed by atoms with Crippen molar-refractivity contribution in [2.24, 2.45) is 5.41 Å². The molecule has 2 aromatic carbocycles. The van der Waals surface area contributed by atoms with E-state index in [1.807, 2.05) is 33.0 Å². The standard InChI is InChI=1S/C32H42ClNO4/c1-30(2,3)17-16-22-10-13-24(19-27(22)33)32(7)20-28(35)34(26-14-11-23(12-15-26)29(36)37)21-25(32)9-8-18-38-31(4,5)6/h10-15,19,21H,8-9,16-18,20H2,1-7H3,(H,36,37)/t32-/m0/s1. The normalized spacial score (nSPS) is 18.5. The van der Waals surface area contributed by atoms with Gasteiger partial charge in [-0.15, -0.1) is 0 Å². The van der Waals surface area contributed by atoms with Crippen LogP contribution in [-0.2, 0) is 21.4 Å². The van der Waals surface area contributed by atoms with Gasteiger partial charge in [0.25, 0.3) is 0 Å². The summed E-state index contributed by atoms with van der Waals surface area (Å²) >= 11 is 6.78. The first-order valence-corrected chi connectivity index (χ1v) is 13.8. The molecular formula is C32H42ClNO4. The molecular weight excluding hydrogens is 498 g/mol. The van der Waals surface area contributed by atoms with Crippen molar-refractivity contribution in [2.45, 2.75) is 91.6 Å². The Morgan fingerprint density at radius 1 is 1.05 bits per heavy atom. The molecule has 5 nitrogen and oxygen atoms in total. The minimum Gasteiger partial charge on any atom is -0.478 e. The van der Waals surface area contributed by atoms with Gasteiger partial charge in [0, 0.05) is 35.4 Å². The third kappa shape index (κ3) is 7.70. The maximum Gasteiger partial charge on any atom is 0.335 e. The summed E-state index contributed by atoms with van der Waals surface area (Å²) in [6.07, 6.45) is 5.74. The van der Waals surface area contributed by atoms with Crippen molar-refractivity contribution < 1.29 is 19.4 Å². The van der Waals surface area contributed by atoms with E-state index < -0.39 is 11.4 Å². The smallest absolute Gasteiger partial charge is 0.335 e. The van der Waals surface area contributed by atoms with Gasteiger partial charge >= 0.3 is 5.97 Å². The van der Waals surface area contributed by atoms with Gasteiger partial charge in [0.15, 0.2) is 0 Å². The topological polar surface area (TPSA) is 66.8 Å². The zero-order chi connectivity index (χ0) is 28.3. The summed E-state index contributed by atoms with van der Waals surface area (Å²) in [7, 11) is 0. The quantitative estimate of drug-likeness (QED) is 0.326. The first kappa shape index (κ1) is 29.9. The minimum absolute atomic E-state index is 0.0433. The largest absolute Gasteiger partial charge is 0.478 e. The Bertz CT molecular complexity index is 1190. The van der Waals surface area contributed by atoms with Gasteiger partial charge in [-0.25, -0.2) is 4.79 Å². The van der Waals surface area contributed by atoms with Gasteiger partial charge in [0.1, 0.15) is 0 Å². The van der Waals surface area contributed by atoms with Gasteiger partial charge < -0.3 is 9.84 Å². The van der Waals surface area contributed by atoms with Crippen LogP contribution >= 0.6 is 11.6 Å². The number of hydrogen-bond donors (Lipinski definition) is 1. The molecule has 0 aliphatic carbocycles. The van der Waals surface area contributed by atoms with Crippen molar-refractivity contribution in [3.05, 3.63) is 76.0 Å². The van der Waals surface area contributed by atoms with Crippen LogP contribution in [0.4, 0.5) is 5.69 Å². The fourth-order valence-corrected chi connectivity index (χ4v) is 5.00. The van der Waals surface area contributed by atoms with E-state index in [-0.39, 0.29) is 28.9 Å². The van der Waals surface area contributed by atoms with E-state index in [2.05, 4.69) is 39.8 Å². The van der Waals surface area contributed by atoms with Gasteiger partial charge in [-0.1, -0.05) is 51.4 Å². The van der Waals surface area contributed by atoms with Crippen LogP contribution in [0.3, 0.4) is 0 Å². The second-order valence-electron chi connectivity index (χ2n) is 12.7. The van der Waals surface area contributed by atoms with Gasteiger partial charge in [0.05, 0.1) is 11.2 Å². The highest BCUT2D eigenvalue weighted by Crippen LogP contribution is 2.43. The second-order valence-corrected chi connectivity index (χ2v) is 13.1. The summed E-state index contributed by atoms with van der Waals surface area (Å²) < 4.78 is 5.97. The summed E-state index contributed by atoms with van der Waals surface area (Å²) in [5.41, 5.74) is 3.61. The molecule has 1 aliphatic rings. The van der Waals surface area contributed by atoms with Gasteiger partial charge in [-0.3, -0.25) is 9.69 Å². The van der Waals surface area contributed by atoms with E-state index in [9.17, 15) is 14.7 Å². The Hall–Kier alpha value is -2.63. The SMILES string of the molecule is CC(C)(C)CCc1ccc([C@]2(C)CC(=O)N(c3ccc(C(=O)O)cc3)C=C2CCCOC(C)(C)C)cc1Cl. The molecule has 206 valence electrons. The van der Waals surface area contributed by atoms with Crippen LogP contribution < -0.4 is 4.90 Å². The average Bonchev–Trinajstić information content (AvgIpc) is 2.81. The highest BCUT2D eigenvalue weighted by molar-refractivity contribution is 6.31. The van der Waals surface area contributed by atoms with Gasteiger partial charge in [0.2, 0.25) is 5.91 Å². The Labute approximate surface area is 232 Å². The zero-order valence-electron chi connectivity index (χ0n) is 23.9. The molecule has 0 saturated carbocycles. The summed E-state index contributed by atoms with van der Waals surface area (Å²) in [6.45, 7) is 15.5. The average molecular weight is 540 g/mol. The number of carbonyl (C=O) groups is 2. The van der Waals surface area contributed by atoms with Crippen LogP contribution in [0.2, 0.25) is 5.02 Å². The molecule has 6 heteroatoms. The highest BCUT2D eigenvalue weighted by atomic mass is 35.5. The molecule has 2 aromatic rings. The maximum atomic E-state index is 13.5. The van der Waals surface area contributed by atoms with Crippen molar-refractivity contribution in [1.29, 1.82) is 0 Å². The number of halogens is 1. The van der Waals surface area contributed by atoms with Crippen molar-refractivity contribution in [2.75, 3.05) is 11.5 Å². The predicted molar refractivity (Wildman–Crippen MR) is 155 cm³/mol. The highest BCUT2D eigenvalue weighted by Gasteiger charge is 2.39. The van der Waals surface area contributed by atoms with Crippen LogP contribution in [0.1, 0.15) is 95.6 Å². The van der Waals surface area contributed by atoms with E-state index in [4.69, 9.17) is 16.3 Å². The summed E-state index contributed by atoms with van der Waals surface area (Å²) in [5.74, 6) is -1.04. The van der Waals surface area contributed by atoms with Crippen molar-refractivity contribution in [1.82, 2.24) is 0 Å². The number of nitrogens with zero attached hydrogens (tertiary/aromatic N) is 1. The Morgan fingerprint density at radius 2 is 1.71 bits per heavy atom. The molecule has 1 atom stereocenters. The van der Waals surface area contributed by atoms with Crippen molar-refractivity contribution in [3.63, 3.8) is 0 Å². The molecule has 3 rings (SSSR count). The predicted octanol–water partition coefficient (Wildman–Crippen LogP) is 8.19. The minimum atomic E-state index is -0.994. The maximum absolute atomic E-state index is 13.5. The lowest BCUT2D eigenvalue weighted by Crippen LogP contribution is -2.41. The Morgan fingerprint density at radius 3 is 2.26 bits per heavy atom. The molecule has 38 heavy (non-hydrogen) atoms. The van der Waals surface area contributed by atoms with E-state index in [0.717, 1.165) is 47.4 Å². The lowest BCUT2D eigenvalue weighted by molar-refractivity contribution is -0.119. The molecule has 1 N–H and O–H groups in total. The molecule has 1 aliphatic heterocycles. The number of aromatic carboxylic acids is 1. The fraction of sp³-hybridized carbons (Fsp3) is 0.500. The Kier molecular flexibility index (Phi) is 9.16. The van der Waals surface area contributed by atoms with Crippen molar-refractivity contribution >= 4 is 29.2 Å². The first-order chi connectivity index (χ1) is 17.6. The molecule has 0 aromatic heterocycles. The second kappa shape index (κ2) is 11.6. The third-order valence-electron chi connectivity index (χ3n) is 7.12. The molecule has 0 saturated heterocycles. The van der Waals surface area contributed by atoms with Crippen LogP contribution in [0.15, 0.2) is 54.2 Å². The number of hydrogen-bond acceptors (Lipinski definition) is 3. The van der Waals surface area contributed by atoms with E-state index >= 15 is 0 Å². The monoisotopic (exact) mass is 539 g/mol. The Balaban J connectivity index is 1.95. The number of benzene rings is 2. The van der Waals surface area contributed by atoms with Gasteiger partial charge in [-0.05, 0) is 98.9 Å². The number of allylic oxidation sites excluding steroid dienone is 1. The van der Waals surface area contributed by atoms with Gasteiger partial charge in [-0.2, -0.15) is 0 Å². The zero-order valence-corrected chi connectivity index (χ0v) is 24.6. The number of amides is 1. The number of rotatable bonds is 9. The summed E-state index contributed by atoms with van der Waals surface area (Å²) in [5, 5.41) is 9.99. The molecule has 0 radical (unpaired) electrons. The molecule has 0 spiro atoms. The molecule has 0 unspecified atom stereocenters. The molecule has 0 bridgehead atoms. The lowest BCUT2D eigenvalue weighted by Gasteiger charge is -2.40. The molecule has 0 fully saturated rings. The van der Waals surface area contributed by atoms with Crippen LogP contribution in [0.5, 0.6) is 0 Å². The number of carboxylic acid groups (broad SMARTS) is 1. The fourth-order valence-electron chi connectivity index (χ4n) is 4.73. The number of aryl methyl sites for hydroxylation is 1. The molecule has 1 heterocycles. The van der Waals surface area contributed by atoms with Crippen LogP contribution in [-0.4, -0.2) is 29.2 Å². The first-order valence-electron chi connectivity index (χ1n) is 13.4. The number of ether oxygens (including phenoxy) is 1. The van der Waals surface area contributed by atoms with E-state index in [1.54, 1.807) is 17.0 Å². The summed E-state index contributed by atoms with van der Waals surface area (Å²) in [6, 6.07) is 12.7. The summed E-state index contributed by atoms with van der Waals surface area (Å²) in [4.78, 5) is 26.4. The third-order valence-corrected chi connectivity index (χ3v) is 7.47. The van der Waals surface area contributed by atoms with E-state index in [1.165, 1.54) is 12.1 Å². The number of carboxylic acids is 1. The lowest BCUT2D eigenvalue weighted by atomic mass is 9.70. The van der Waals surface area contributed by atoms with Crippen LogP contribution in [0.25, 0.3) is 0 Å². The van der Waals surface area contributed by atoms with E-state index in [0.29, 0.717) is 12.3 Å². The van der Waals surface area contributed by atoms with Crippen LogP contribution in [0, 0.1) is 5.41 Å². The van der Waals surface area contributed by atoms with Crippen molar-refractivity contribution in [3.8, 4) is 0 Å². The molecule has 1 amide bonds. The number of anilines is 1.